The van der Waals surface area contributed by atoms with Crippen LogP contribution < -0.4 is 5.32 Å². The number of nitrogens with one attached hydrogen (secondary N) is 1. The molecule has 0 aliphatic heterocycles. The van der Waals surface area contributed by atoms with Gasteiger partial charge in [-0.05, 0) is 55.3 Å². The average Bonchev–Trinajstić information content (AvgIpc) is 2.40. The molecule has 1 atom stereocenters. The maximum Gasteiger partial charge on any atom is 0.123 e. The summed E-state index contributed by atoms with van der Waals surface area (Å²) in [5, 5.41) is 3.39. The quantitative estimate of drug-likeness (QED) is 0.907. The van der Waals surface area contributed by atoms with Crippen molar-refractivity contribution < 1.29 is 4.39 Å². The van der Waals surface area contributed by atoms with Gasteiger partial charge in [0.15, 0.2) is 0 Å². The van der Waals surface area contributed by atoms with Gasteiger partial charge in [0.1, 0.15) is 5.82 Å². The summed E-state index contributed by atoms with van der Waals surface area (Å²) in [6, 6.07) is 8.78. The average molecular weight is 258 g/mol. The standard InChI is InChI=1S/C16H19FN2/c1-4-18-16(15-12(3)6-5-9-19-15)14-10-13(17)8-7-11(14)2/h5-10,16,18H,4H2,1-3H3. The third-order valence-electron chi connectivity index (χ3n) is 3.28. The van der Waals surface area contributed by atoms with Crippen molar-refractivity contribution >= 4 is 0 Å². The van der Waals surface area contributed by atoms with Gasteiger partial charge in [-0.3, -0.25) is 4.98 Å². The highest BCUT2D eigenvalue weighted by Gasteiger charge is 2.18. The van der Waals surface area contributed by atoms with E-state index in [2.05, 4.69) is 10.3 Å². The van der Waals surface area contributed by atoms with Gasteiger partial charge in [0, 0.05) is 6.20 Å². The lowest BCUT2D eigenvalue weighted by Gasteiger charge is -2.21. The number of pyridine rings is 1. The van der Waals surface area contributed by atoms with E-state index in [0.717, 1.165) is 28.9 Å². The molecule has 3 heteroatoms. The number of nitrogens with zero attached hydrogens (tertiary/aromatic N) is 1. The number of benzene rings is 1. The summed E-state index contributed by atoms with van der Waals surface area (Å²) in [6.45, 7) is 6.87. The van der Waals surface area contributed by atoms with Crippen molar-refractivity contribution in [3.8, 4) is 0 Å². The summed E-state index contributed by atoms with van der Waals surface area (Å²) in [5.74, 6) is -0.211. The summed E-state index contributed by atoms with van der Waals surface area (Å²) in [7, 11) is 0. The molecule has 1 heterocycles. The molecular weight excluding hydrogens is 239 g/mol. The van der Waals surface area contributed by atoms with Gasteiger partial charge in [0.25, 0.3) is 0 Å². The molecule has 0 radical (unpaired) electrons. The molecule has 19 heavy (non-hydrogen) atoms. The summed E-state index contributed by atoms with van der Waals surface area (Å²) in [6.07, 6.45) is 1.78. The van der Waals surface area contributed by atoms with Crippen LogP contribution in [0.4, 0.5) is 4.39 Å². The number of hydrogen-bond acceptors (Lipinski definition) is 2. The first-order valence-corrected chi connectivity index (χ1v) is 6.54. The third-order valence-corrected chi connectivity index (χ3v) is 3.28. The minimum Gasteiger partial charge on any atom is -0.305 e. The van der Waals surface area contributed by atoms with Crippen LogP contribution in [0.1, 0.15) is 35.3 Å². The van der Waals surface area contributed by atoms with E-state index in [-0.39, 0.29) is 11.9 Å². The zero-order chi connectivity index (χ0) is 13.8. The van der Waals surface area contributed by atoms with Crippen LogP contribution in [-0.4, -0.2) is 11.5 Å². The van der Waals surface area contributed by atoms with Crippen LogP contribution in [0.15, 0.2) is 36.5 Å². The van der Waals surface area contributed by atoms with Crippen molar-refractivity contribution in [2.75, 3.05) is 6.54 Å². The van der Waals surface area contributed by atoms with Gasteiger partial charge in [-0.2, -0.15) is 0 Å². The second-order valence-corrected chi connectivity index (χ2v) is 4.70. The molecule has 2 aromatic rings. The molecule has 100 valence electrons. The molecule has 0 aliphatic rings. The van der Waals surface area contributed by atoms with Crippen molar-refractivity contribution in [2.45, 2.75) is 26.8 Å². The molecule has 0 aliphatic carbocycles. The number of aryl methyl sites for hydroxylation is 2. The van der Waals surface area contributed by atoms with Crippen molar-refractivity contribution in [1.82, 2.24) is 10.3 Å². The van der Waals surface area contributed by atoms with E-state index < -0.39 is 0 Å². The van der Waals surface area contributed by atoms with Crippen LogP contribution in [0.5, 0.6) is 0 Å². The van der Waals surface area contributed by atoms with Crippen LogP contribution in [0.25, 0.3) is 0 Å². The fourth-order valence-electron chi connectivity index (χ4n) is 2.28. The van der Waals surface area contributed by atoms with Crippen LogP contribution in [0.3, 0.4) is 0 Å². The summed E-state index contributed by atoms with van der Waals surface area (Å²) >= 11 is 0. The summed E-state index contributed by atoms with van der Waals surface area (Å²) in [4.78, 5) is 4.46. The Morgan fingerprint density at radius 3 is 2.68 bits per heavy atom. The third kappa shape index (κ3) is 2.99. The Hall–Kier alpha value is -1.74. The monoisotopic (exact) mass is 258 g/mol. The Labute approximate surface area is 113 Å². The smallest absolute Gasteiger partial charge is 0.123 e. The lowest BCUT2D eigenvalue weighted by Crippen LogP contribution is -2.24. The lowest BCUT2D eigenvalue weighted by atomic mass is 9.96. The molecule has 0 spiro atoms. The maximum atomic E-state index is 13.5. The predicted octanol–water partition coefficient (Wildman–Crippen LogP) is 3.54. The van der Waals surface area contributed by atoms with E-state index >= 15 is 0 Å². The van der Waals surface area contributed by atoms with Crippen LogP contribution in [-0.2, 0) is 0 Å². The molecule has 0 amide bonds. The van der Waals surface area contributed by atoms with Crippen molar-refractivity contribution in [3.05, 3.63) is 64.7 Å². The molecular formula is C16H19FN2. The zero-order valence-electron chi connectivity index (χ0n) is 11.6. The molecule has 0 fully saturated rings. The Balaban J connectivity index is 2.51. The van der Waals surface area contributed by atoms with Crippen LogP contribution >= 0.6 is 0 Å². The van der Waals surface area contributed by atoms with Crippen molar-refractivity contribution in [1.29, 1.82) is 0 Å². The topological polar surface area (TPSA) is 24.9 Å². The first-order chi connectivity index (χ1) is 9.13. The van der Waals surface area contributed by atoms with E-state index in [0.29, 0.717) is 0 Å². The van der Waals surface area contributed by atoms with Gasteiger partial charge in [0.05, 0.1) is 11.7 Å². The number of hydrogen-bond donors (Lipinski definition) is 1. The molecule has 1 N–H and O–H groups in total. The van der Waals surface area contributed by atoms with E-state index in [1.54, 1.807) is 12.3 Å². The SMILES string of the molecule is CCNC(c1cc(F)ccc1C)c1ncccc1C. The van der Waals surface area contributed by atoms with Crippen LogP contribution in [0.2, 0.25) is 0 Å². The highest BCUT2D eigenvalue weighted by Crippen LogP contribution is 2.26. The fraction of sp³-hybridized carbons (Fsp3) is 0.312. The zero-order valence-corrected chi connectivity index (χ0v) is 11.6. The Morgan fingerprint density at radius 1 is 1.21 bits per heavy atom. The molecule has 2 nitrogen and oxygen atoms in total. The molecule has 0 saturated heterocycles. The number of aromatic nitrogens is 1. The minimum absolute atomic E-state index is 0.0677. The van der Waals surface area contributed by atoms with Crippen LogP contribution in [0, 0.1) is 19.7 Å². The second-order valence-electron chi connectivity index (χ2n) is 4.70. The van der Waals surface area contributed by atoms with E-state index in [1.165, 1.54) is 6.07 Å². The van der Waals surface area contributed by atoms with E-state index in [1.807, 2.05) is 39.0 Å². The lowest BCUT2D eigenvalue weighted by molar-refractivity contribution is 0.590. The van der Waals surface area contributed by atoms with Gasteiger partial charge >= 0.3 is 0 Å². The van der Waals surface area contributed by atoms with E-state index in [9.17, 15) is 4.39 Å². The van der Waals surface area contributed by atoms with Gasteiger partial charge < -0.3 is 5.32 Å². The molecule has 2 rings (SSSR count). The first kappa shape index (κ1) is 13.7. The Morgan fingerprint density at radius 2 is 2.00 bits per heavy atom. The van der Waals surface area contributed by atoms with Gasteiger partial charge in [-0.15, -0.1) is 0 Å². The summed E-state index contributed by atoms with van der Waals surface area (Å²) < 4.78 is 13.5. The molecule has 0 saturated carbocycles. The largest absolute Gasteiger partial charge is 0.305 e. The Kier molecular flexibility index (Phi) is 4.27. The summed E-state index contributed by atoms with van der Waals surface area (Å²) in [5.41, 5.74) is 4.08. The molecule has 1 unspecified atom stereocenters. The van der Waals surface area contributed by atoms with Gasteiger partial charge in [-0.25, -0.2) is 4.39 Å². The number of halogens is 1. The highest BCUT2D eigenvalue weighted by molar-refractivity contribution is 5.37. The molecule has 1 aromatic heterocycles. The molecule has 0 bridgehead atoms. The highest BCUT2D eigenvalue weighted by atomic mass is 19.1. The van der Waals surface area contributed by atoms with Gasteiger partial charge in [-0.1, -0.05) is 19.1 Å². The van der Waals surface area contributed by atoms with Crippen molar-refractivity contribution in [2.24, 2.45) is 0 Å². The molecule has 1 aromatic carbocycles. The van der Waals surface area contributed by atoms with Crippen molar-refractivity contribution in [3.63, 3.8) is 0 Å². The number of rotatable bonds is 4. The minimum atomic E-state index is -0.211. The predicted molar refractivity (Wildman–Crippen MR) is 75.6 cm³/mol. The second kappa shape index (κ2) is 5.93. The van der Waals surface area contributed by atoms with E-state index in [4.69, 9.17) is 0 Å². The fourth-order valence-corrected chi connectivity index (χ4v) is 2.28. The van der Waals surface area contributed by atoms with Gasteiger partial charge in [0.2, 0.25) is 0 Å². The normalized spacial score (nSPS) is 12.4. The Bertz CT molecular complexity index is 566. The maximum absolute atomic E-state index is 13.5. The first-order valence-electron chi connectivity index (χ1n) is 6.54.